The molecule has 1 fully saturated rings. The van der Waals surface area contributed by atoms with E-state index < -0.39 is 5.97 Å². The Labute approximate surface area is 114 Å². The molecule has 19 heavy (non-hydrogen) atoms. The maximum absolute atomic E-state index is 11.1. The molecular weight excluding hydrogens is 240 g/mol. The van der Waals surface area contributed by atoms with Gasteiger partial charge >= 0.3 is 5.97 Å². The summed E-state index contributed by atoms with van der Waals surface area (Å²) in [6, 6.07) is 3.76. The van der Waals surface area contributed by atoms with Crippen LogP contribution in [0.3, 0.4) is 0 Å². The molecule has 1 N–H and O–H groups in total. The van der Waals surface area contributed by atoms with Gasteiger partial charge in [0.05, 0.1) is 5.56 Å². The minimum absolute atomic E-state index is 0.318. The molecule has 0 aliphatic heterocycles. The van der Waals surface area contributed by atoms with E-state index in [2.05, 4.69) is 16.8 Å². The summed E-state index contributed by atoms with van der Waals surface area (Å²) in [5, 5.41) is 9.12. The molecule has 1 aromatic rings. The van der Waals surface area contributed by atoms with Gasteiger partial charge < -0.3 is 10.0 Å². The van der Waals surface area contributed by atoms with E-state index in [1.54, 1.807) is 12.1 Å². The van der Waals surface area contributed by atoms with E-state index in [0.29, 0.717) is 11.6 Å². The lowest BCUT2D eigenvalue weighted by Gasteiger charge is -2.35. The summed E-state index contributed by atoms with van der Waals surface area (Å²) in [5.41, 5.74) is 1.07. The molecule has 2 atom stereocenters. The minimum atomic E-state index is -0.892. The molecule has 0 radical (unpaired) electrons. The number of carboxylic acids is 1. The molecule has 0 bridgehead atoms. The fourth-order valence-corrected chi connectivity index (χ4v) is 2.90. The zero-order chi connectivity index (χ0) is 14.0. The molecule has 4 heteroatoms. The van der Waals surface area contributed by atoms with Gasteiger partial charge in [-0.25, -0.2) is 9.78 Å². The number of carbonyl (C=O) groups is 1. The Morgan fingerprint density at radius 2 is 2.16 bits per heavy atom. The highest BCUT2D eigenvalue weighted by Gasteiger charge is 2.23. The second-order valence-corrected chi connectivity index (χ2v) is 5.70. The van der Waals surface area contributed by atoms with Gasteiger partial charge in [0.1, 0.15) is 5.82 Å². The average molecular weight is 262 g/mol. The summed E-state index contributed by atoms with van der Waals surface area (Å²) in [6.07, 6.45) is 4.87. The van der Waals surface area contributed by atoms with Crippen molar-refractivity contribution in [3.63, 3.8) is 0 Å². The molecule has 4 nitrogen and oxygen atoms in total. The van der Waals surface area contributed by atoms with Crippen LogP contribution in [0.25, 0.3) is 0 Å². The van der Waals surface area contributed by atoms with Crippen LogP contribution in [-0.2, 0) is 0 Å². The van der Waals surface area contributed by atoms with Crippen molar-refractivity contribution in [3.05, 3.63) is 23.4 Å². The first kappa shape index (κ1) is 13.8. The van der Waals surface area contributed by atoms with E-state index in [4.69, 9.17) is 5.11 Å². The van der Waals surface area contributed by atoms with Crippen molar-refractivity contribution in [2.75, 3.05) is 11.9 Å². The first-order chi connectivity index (χ1) is 8.97. The molecule has 1 saturated carbocycles. The zero-order valence-corrected chi connectivity index (χ0v) is 11.9. The smallest absolute Gasteiger partial charge is 0.335 e. The van der Waals surface area contributed by atoms with Gasteiger partial charge in [-0.05, 0) is 37.8 Å². The molecule has 2 unspecified atom stereocenters. The van der Waals surface area contributed by atoms with E-state index in [1.165, 1.54) is 19.3 Å². The third-order valence-corrected chi connectivity index (χ3v) is 4.00. The Hall–Kier alpha value is -1.58. The number of aromatic carboxylic acids is 1. The fourth-order valence-electron chi connectivity index (χ4n) is 2.90. The SMILES string of the molecule is Cc1cc(C(=O)O)cc(N(C)C2CCCC(C)C2)n1. The summed E-state index contributed by atoms with van der Waals surface area (Å²) in [6.45, 7) is 4.12. The largest absolute Gasteiger partial charge is 0.478 e. The highest BCUT2D eigenvalue weighted by atomic mass is 16.4. The lowest BCUT2D eigenvalue weighted by molar-refractivity contribution is 0.0696. The lowest BCUT2D eigenvalue weighted by Crippen LogP contribution is -2.36. The normalized spacial score (nSPS) is 23.1. The maximum Gasteiger partial charge on any atom is 0.335 e. The number of aromatic nitrogens is 1. The number of anilines is 1. The van der Waals surface area contributed by atoms with E-state index in [9.17, 15) is 4.79 Å². The van der Waals surface area contributed by atoms with Crippen LogP contribution in [-0.4, -0.2) is 29.1 Å². The van der Waals surface area contributed by atoms with Crippen molar-refractivity contribution in [2.45, 2.75) is 45.6 Å². The van der Waals surface area contributed by atoms with Gasteiger partial charge in [0, 0.05) is 18.8 Å². The standard InChI is InChI=1S/C15H22N2O2/c1-10-5-4-6-13(7-10)17(3)14-9-12(15(18)19)8-11(2)16-14/h8-10,13H,4-7H2,1-3H3,(H,18,19). The Kier molecular flexibility index (Phi) is 4.08. The van der Waals surface area contributed by atoms with Crippen LogP contribution in [0.5, 0.6) is 0 Å². The van der Waals surface area contributed by atoms with Crippen molar-refractivity contribution in [1.82, 2.24) is 4.98 Å². The predicted molar refractivity (Wildman–Crippen MR) is 75.8 cm³/mol. The predicted octanol–water partition coefficient (Wildman–Crippen LogP) is 3.10. The van der Waals surface area contributed by atoms with Gasteiger partial charge in [-0.15, -0.1) is 0 Å². The van der Waals surface area contributed by atoms with E-state index in [-0.39, 0.29) is 0 Å². The first-order valence-corrected chi connectivity index (χ1v) is 6.92. The number of pyridine rings is 1. The van der Waals surface area contributed by atoms with Crippen molar-refractivity contribution in [1.29, 1.82) is 0 Å². The van der Waals surface area contributed by atoms with Gasteiger partial charge in [-0.2, -0.15) is 0 Å². The number of nitrogens with zero attached hydrogens (tertiary/aromatic N) is 2. The Balaban J connectivity index is 2.22. The van der Waals surface area contributed by atoms with E-state index in [0.717, 1.165) is 23.9 Å². The summed E-state index contributed by atoms with van der Waals surface area (Å²) in [7, 11) is 2.02. The molecule has 1 heterocycles. The minimum Gasteiger partial charge on any atom is -0.478 e. The maximum atomic E-state index is 11.1. The first-order valence-electron chi connectivity index (χ1n) is 6.92. The molecular formula is C15H22N2O2. The van der Waals surface area contributed by atoms with Crippen LogP contribution >= 0.6 is 0 Å². The molecule has 104 valence electrons. The topological polar surface area (TPSA) is 53.4 Å². The highest BCUT2D eigenvalue weighted by Crippen LogP contribution is 2.29. The molecule has 0 aromatic carbocycles. The fraction of sp³-hybridized carbons (Fsp3) is 0.600. The number of rotatable bonds is 3. The number of carboxylic acid groups (broad SMARTS) is 1. The van der Waals surface area contributed by atoms with Crippen LogP contribution < -0.4 is 4.90 Å². The molecule has 0 spiro atoms. The van der Waals surface area contributed by atoms with Crippen molar-refractivity contribution >= 4 is 11.8 Å². The zero-order valence-electron chi connectivity index (χ0n) is 11.9. The summed E-state index contributed by atoms with van der Waals surface area (Å²) >= 11 is 0. The van der Waals surface area contributed by atoms with Crippen LogP contribution in [0.1, 0.15) is 48.7 Å². The number of aryl methyl sites for hydroxylation is 1. The van der Waals surface area contributed by atoms with Gasteiger partial charge in [0.15, 0.2) is 0 Å². The Bertz CT molecular complexity index is 473. The highest BCUT2D eigenvalue weighted by molar-refractivity contribution is 5.88. The van der Waals surface area contributed by atoms with Crippen LogP contribution in [0.4, 0.5) is 5.82 Å². The van der Waals surface area contributed by atoms with Gasteiger partial charge in [0.2, 0.25) is 0 Å². The number of hydrogen-bond acceptors (Lipinski definition) is 3. The molecule has 0 saturated heterocycles. The Morgan fingerprint density at radius 1 is 1.42 bits per heavy atom. The second kappa shape index (κ2) is 5.59. The third kappa shape index (κ3) is 3.25. The summed E-state index contributed by atoms with van der Waals surface area (Å²) < 4.78 is 0. The molecule has 0 amide bonds. The average Bonchev–Trinajstić information content (AvgIpc) is 2.37. The van der Waals surface area contributed by atoms with Gasteiger partial charge in [-0.3, -0.25) is 0 Å². The molecule has 2 rings (SSSR count). The van der Waals surface area contributed by atoms with E-state index in [1.807, 2.05) is 14.0 Å². The van der Waals surface area contributed by atoms with E-state index >= 15 is 0 Å². The van der Waals surface area contributed by atoms with Gasteiger partial charge in [0.25, 0.3) is 0 Å². The van der Waals surface area contributed by atoms with Crippen LogP contribution in [0.2, 0.25) is 0 Å². The van der Waals surface area contributed by atoms with Crippen molar-refractivity contribution < 1.29 is 9.90 Å². The molecule has 1 aliphatic rings. The van der Waals surface area contributed by atoms with Crippen LogP contribution in [0.15, 0.2) is 12.1 Å². The third-order valence-electron chi connectivity index (χ3n) is 4.00. The molecule has 1 aromatic heterocycles. The molecule has 1 aliphatic carbocycles. The van der Waals surface area contributed by atoms with Crippen LogP contribution in [0, 0.1) is 12.8 Å². The monoisotopic (exact) mass is 262 g/mol. The second-order valence-electron chi connectivity index (χ2n) is 5.70. The summed E-state index contributed by atoms with van der Waals surface area (Å²) in [4.78, 5) is 17.7. The quantitative estimate of drug-likeness (QED) is 0.909. The van der Waals surface area contributed by atoms with Crippen molar-refractivity contribution in [2.24, 2.45) is 5.92 Å². The van der Waals surface area contributed by atoms with Crippen molar-refractivity contribution in [3.8, 4) is 0 Å². The Morgan fingerprint density at radius 3 is 2.79 bits per heavy atom. The number of hydrogen-bond donors (Lipinski definition) is 1. The lowest BCUT2D eigenvalue weighted by atomic mass is 9.86. The van der Waals surface area contributed by atoms with Gasteiger partial charge in [-0.1, -0.05) is 19.8 Å². The summed E-state index contributed by atoms with van der Waals surface area (Å²) in [5.74, 6) is 0.624.